The van der Waals surface area contributed by atoms with Gasteiger partial charge >= 0.3 is 0 Å². The van der Waals surface area contributed by atoms with E-state index in [1.807, 2.05) is 20.0 Å². The second kappa shape index (κ2) is 4.57. The predicted molar refractivity (Wildman–Crippen MR) is 68.7 cm³/mol. The molecule has 0 atom stereocenters. The minimum absolute atomic E-state index is 0.272. The number of methoxy groups -OCH3 is 1. The number of hydrogen-bond donors (Lipinski definition) is 0. The molecule has 0 radical (unpaired) electrons. The fourth-order valence-electron chi connectivity index (χ4n) is 2.19. The molecule has 0 unspecified atom stereocenters. The monoisotopic (exact) mass is 232 g/mol. The van der Waals surface area contributed by atoms with E-state index in [9.17, 15) is 0 Å². The van der Waals surface area contributed by atoms with Crippen molar-refractivity contribution in [1.29, 1.82) is 0 Å². The Kier molecular flexibility index (Phi) is 3.29. The van der Waals surface area contributed by atoms with E-state index >= 15 is 0 Å². The van der Waals surface area contributed by atoms with Crippen LogP contribution < -0.4 is 0 Å². The molecule has 1 fully saturated rings. The van der Waals surface area contributed by atoms with Crippen molar-refractivity contribution in [2.75, 3.05) is 13.7 Å². The van der Waals surface area contributed by atoms with E-state index in [0.717, 1.165) is 23.7 Å². The van der Waals surface area contributed by atoms with E-state index in [2.05, 4.69) is 23.0 Å². The molecule has 1 aromatic rings. The molecule has 3 nitrogen and oxygen atoms in total. The molecular weight excluding hydrogens is 212 g/mol. The van der Waals surface area contributed by atoms with Gasteiger partial charge in [0.1, 0.15) is 0 Å². The Morgan fingerprint density at radius 3 is 2.71 bits per heavy atom. The normalized spacial score (nSPS) is 18.2. The Labute approximate surface area is 103 Å². The Morgan fingerprint density at radius 1 is 1.47 bits per heavy atom. The Bertz CT molecular complexity index is 448. The van der Waals surface area contributed by atoms with Gasteiger partial charge in [-0.3, -0.25) is 9.97 Å². The van der Waals surface area contributed by atoms with Crippen LogP contribution in [0.1, 0.15) is 36.8 Å². The predicted octanol–water partition coefficient (Wildman–Crippen LogP) is 2.92. The maximum Gasteiger partial charge on any atom is 0.0842 e. The first-order valence-electron chi connectivity index (χ1n) is 6.05. The van der Waals surface area contributed by atoms with E-state index in [1.165, 1.54) is 18.4 Å². The molecule has 0 aliphatic heterocycles. The zero-order valence-electron chi connectivity index (χ0n) is 11.1. The lowest BCUT2D eigenvalue weighted by Crippen LogP contribution is -2.10. The van der Waals surface area contributed by atoms with Gasteiger partial charge in [0.05, 0.1) is 23.7 Å². The van der Waals surface area contributed by atoms with Crippen molar-refractivity contribution < 1.29 is 4.74 Å². The van der Waals surface area contributed by atoms with Crippen molar-refractivity contribution in [1.82, 2.24) is 9.97 Å². The van der Waals surface area contributed by atoms with E-state index < -0.39 is 0 Å². The number of aryl methyl sites for hydroxylation is 2. The van der Waals surface area contributed by atoms with Crippen LogP contribution >= 0.6 is 0 Å². The highest BCUT2D eigenvalue weighted by atomic mass is 16.5. The molecule has 0 spiro atoms. The van der Waals surface area contributed by atoms with Crippen LogP contribution in [0.5, 0.6) is 0 Å². The zero-order valence-corrected chi connectivity index (χ0v) is 11.1. The van der Waals surface area contributed by atoms with Crippen LogP contribution in [0.2, 0.25) is 0 Å². The molecule has 1 saturated carbocycles. The van der Waals surface area contributed by atoms with Gasteiger partial charge in [0, 0.05) is 18.7 Å². The minimum atomic E-state index is 0.272. The van der Waals surface area contributed by atoms with Crippen molar-refractivity contribution in [2.45, 2.75) is 33.6 Å². The molecule has 0 saturated heterocycles. The quantitative estimate of drug-likeness (QED) is 0.800. The average molecular weight is 232 g/mol. The second-order valence-electron chi connectivity index (χ2n) is 5.02. The van der Waals surface area contributed by atoms with Crippen LogP contribution in [0.25, 0.3) is 6.08 Å². The molecule has 2 rings (SSSR count). The summed E-state index contributed by atoms with van der Waals surface area (Å²) in [7, 11) is 1.77. The summed E-state index contributed by atoms with van der Waals surface area (Å²) in [4.78, 5) is 8.88. The highest BCUT2D eigenvalue weighted by Crippen LogP contribution is 2.52. The van der Waals surface area contributed by atoms with Gasteiger partial charge in [-0.1, -0.05) is 5.57 Å². The van der Waals surface area contributed by atoms with E-state index in [0.29, 0.717) is 0 Å². The van der Waals surface area contributed by atoms with Crippen molar-refractivity contribution in [3.05, 3.63) is 28.9 Å². The maximum atomic E-state index is 5.30. The molecule has 1 heterocycles. The maximum absolute atomic E-state index is 5.30. The van der Waals surface area contributed by atoms with E-state index in [4.69, 9.17) is 4.74 Å². The molecule has 0 aromatic carbocycles. The van der Waals surface area contributed by atoms with Gasteiger partial charge in [-0.2, -0.15) is 0 Å². The number of hydrogen-bond acceptors (Lipinski definition) is 3. The fraction of sp³-hybridized carbons (Fsp3) is 0.571. The molecule has 0 N–H and O–H groups in total. The van der Waals surface area contributed by atoms with Gasteiger partial charge in [-0.05, 0) is 39.7 Å². The lowest BCUT2D eigenvalue weighted by molar-refractivity contribution is 0.157. The summed E-state index contributed by atoms with van der Waals surface area (Å²) in [6.07, 6.45) is 6.43. The molecule has 1 aliphatic rings. The third-order valence-electron chi connectivity index (χ3n) is 3.57. The first-order chi connectivity index (χ1) is 8.07. The average Bonchev–Trinajstić information content (AvgIpc) is 3.04. The summed E-state index contributed by atoms with van der Waals surface area (Å²) < 4.78 is 5.30. The van der Waals surface area contributed by atoms with Crippen LogP contribution in [0.3, 0.4) is 0 Å². The molecule has 1 aromatic heterocycles. The fourth-order valence-corrected chi connectivity index (χ4v) is 2.19. The van der Waals surface area contributed by atoms with Gasteiger partial charge < -0.3 is 4.74 Å². The van der Waals surface area contributed by atoms with Crippen molar-refractivity contribution >= 4 is 6.08 Å². The van der Waals surface area contributed by atoms with Crippen LogP contribution in [-0.2, 0) is 4.74 Å². The van der Waals surface area contributed by atoms with Crippen molar-refractivity contribution in [2.24, 2.45) is 5.41 Å². The third kappa shape index (κ3) is 2.55. The van der Waals surface area contributed by atoms with Crippen molar-refractivity contribution in [3.8, 4) is 0 Å². The van der Waals surface area contributed by atoms with Gasteiger partial charge in [0.2, 0.25) is 0 Å². The van der Waals surface area contributed by atoms with Gasteiger partial charge in [0.25, 0.3) is 0 Å². The topological polar surface area (TPSA) is 35.0 Å². The summed E-state index contributed by atoms with van der Waals surface area (Å²) in [5, 5.41) is 0. The van der Waals surface area contributed by atoms with Crippen LogP contribution in [0.4, 0.5) is 0 Å². The lowest BCUT2D eigenvalue weighted by atomic mass is 9.97. The molecule has 17 heavy (non-hydrogen) atoms. The smallest absolute Gasteiger partial charge is 0.0842 e. The van der Waals surface area contributed by atoms with Gasteiger partial charge in [0.15, 0.2) is 0 Å². The van der Waals surface area contributed by atoms with E-state index in [1.54, 1.807) is 7.11 Å². The summed E-state index contributed by atoms with van der Waals surface area (Å²) in [5.41, 5.74) is 4.58. The molecule has 3 heteroatoms. The first-order valence-corrected chi connectivity index (χ1v) is 6.05. The minimum Gasteiger partial charge on any atom is -0.384 e. The molecule has 1 aliphatic carbocycles. The van der Waals surface area contributed by atoms with E-state index in [-0.39, 0.29) is 5.41 Å². The van der Waals surface area contributed by atoms with Crippen molar-refractivity contribution in [3.63, 3.8) is 0 Å². The largest absolute Gasteiger partial charge is 0.384 e. The molecule has 0 bridgehead atoms. The summed E-state index contributed by atoms with van der Waals surface area (Å²) in [6, 6.07) is 0. The summed E-state index contributed by atoms with van der Waals surface area (Å²) in [6.45, 7) is 6.96. The second-order valence-corrected chi connectivity index (χ2v) is 5.02. The highest BCUT2D eigenvalue weighted by molar-refractivity contribution is 5.53. The summed E-state index contributed by atoms with van der Waals surface area (Å²) in [5.74, 6) is 0. The lowest BCUT2D eigenvalue weighted by Gasteiger charge is -2.15. The van der Waals surface area contributed by atoms with Gasteiger partial charge in [-0.15, -0.1) is 0 Å². The number of rotatable bonds is 4. The first kappa shape index (κ1) is 12.2. The van der Waals surface area contributed by atoms with Crippen LogP contribution in [0.15, 0.2) is 11.8 Å². The highest BCUT2D eigenvalue weighted by Gasteiger charge is 2.44. The standard InChI is InChI=1S/C14H20N2O/c1-10(14(5-6-14)9-17-4)7-13-12(3)16-11(2)8-15-13/h7-8H,5-6,9H2,1-4H3/b10-7+. The Balaban J connectivity index is 2.24. The number of aromatic nitrogens is 2. The van der Waals surface area contributed by atoms with Gasteiger partial charge in [-0.25, -0.2) is 0 Å². The number of ether oxygens (including phenoxy) is 1. The Morgan fingerprint density at radius 2 is 2.18 bits per heavy atom. The third-order valence-corrected chi connectivity index (χ3v) is 3.57. The molecule has 0 amide bonds. The van der Waals surface area contributed by atoms with Crippen LogP contribution in [0, 0.1) is 19.3 Å². The SMILES string of the molecule is COCC1(/C(C)=C/c2ncc(C)nc2C)CC1. The van der Waals surface area contributed by atoms with Crippen LogP contribution in [-0.4, -0.2) is 23.7 Å². The zero-order chi connectivity index (χ0) is 12.5. The molecule has 92 valence electrons. The Hall–Kier alpha value is -1.22. The summed E-state index contributed by atoms with van der Waals surface area (Å²) >= 11 is 0. The molecular formula is C14H20N2O. The number of nitrogens with zero attached hydrogens (tertiary/aromatic N) is 2.